The maximum atomic E-state index is 12.0. The smallest absolute Gasteiger partial charge is 0.309 e. The molecule has 0 spiro atoms. The van der Waals surface area contributed by atoms with Gasteiger partial charge >= 0.3 is 5.97 Å². The third-order valence-electron chi connectivity index (χ3n) is 17.9. The second kappa shape index (κ2) is 29.6. The Morgan fingerprint density at radius 1 is 0.427 bits per heavy atom. The Morgan fingerprint density at radius 3 is 1.17 bits per heavy atom. The number of hydrogen-bond donors (Lipinski definition) is 0. The van der Waals surface area contributed by atoms with Gasteiger partial charge in [-0.1, -0.05) is 45.0 Å². The minimum absolute atomic E-state index is 0.00258. The lowest BCUT2D eigenvalue weighted by Crippen LogP contribution is -2.38. The van der Waals surface area contributed by atoms with Crippen molar-refractivity contribution < 1.29 is 85.3 Å². The van der Waals surface area contributed by atoms with E-state index in [4.69, 9.17) is 80.5 Å². The first-order valence-electron chi connectivity index (χ1n) is 31.2. The summed E-state index contributed by atoms with van der Waals surface area (Å²) in [5.74, 6) is 3.90. The van der Waals surface area contributed by atoms with Crippen molar-refractivity contribution in [3.05, 3.63) is 59.7 Å². The van der Waals surface area contributed by atoms with E-state index in [0.29, 0.717) is 120 Å². The molecular weight excluding hydrogens is 1060 g/mol. The fourth-order valence-corrected chi connectivity index (χ4v) is 11.2. The first-order chi connectivity index (χ1) is 40.1. The SMILES string of the molecule is C1CC(COCC2CO2)CCC1COCC1CO1.CC(C)(c1ccc(OCC2CO2)cc1)c1ccc(OCC2CO2)cc1.CCC(COCC1CO1)(COCC1CO1)COCC1CO1.O=C(OCC1CCC2OC2C1)C1CCC2OC2C1. The van der Waals surface area contributed by atoms with E-state index in [0.717, 1.165) is 141 Å². The number of hydrogen-bond acceptors (Lipinski definition) is 18. The maximum Gasteiger partial charge on any atom is 0.309 e. The minimum Gasteiger partial charge on any atom is -0.491 e. The molecule has 14 rings (SSSR count). The lowest BCUT2D eigenvalue weighted by molar-refractivity contribution is -0.151. The minimum atomic E-state index is -0.0985. The number of ether oxygens (including phenoxy) is 17. The summed E-state index contributed by atoms with van der Waals surface area (Å²) >= 11 is 0. The van der Waals surface area contributed by atoms with Gasteiger partial charge in [0.2, 0.25) is 0 Å². The van der Waals surface area contributed by atoms with Crippen molar-refractivity contribution in [2.75, 3.05) is 132 Å². The zero-order valence-corrected chi connectivity index (χ0v) is 49.0. The Bertz CT molecular complexity index is 2060. The topological polar surface area (TPSA) is 204 Å². The molecule has 13 unspecified atom stereocenters. The number of benzene rings is 2. The van der Waals surface area contributed by atoms with Gasteiger partial charge in [0.15, 0.2) is 0 Å². The van der Waals surface area contributed by atoms with E-state index < -0.39 is 0 Å². The monoisotopic (exact) mass is 1150 g/mol. The van der Waals surface area contributed by atoms with Crippen molar-refractivity contribution in [3.63, 3.8) is 0 Å². The second-order valence-corrected chi connectivity index (χ2v) is 25.6. The molecule has 0 bridgehead atoms. The van der Waals surface area contributed by atoms with Gasteiger partial charge in [0, 0.05) is 24.0 Å². The highest BCUT2D eigenvalue weighted by molar-refractivity contribution is 5.72. The number of esters is 1. The molecule has 13 atom stereocenters. The van der Waals surface area contributed by atoms with Crippen LogP contribution in [0.2, 0.25) is 0 Å². The average molecular weight is 1150 g/mol. The molecule has 3 saturated carbocycles. The van der Waals surface area contributed by atoms with E-state index in [-0.39, 0.29) is 34.9 Å². The summed E-state index contributed by atoms with van der Waals surface area (Å²) in [5.41, 5.74) is 2.32. The molecule has 0 N–H and O–H groups in total. The Labute approximate surface area is 486 Å². The highest BCUT2D eigenvalue weighted by Crippen LogP contribution is 2.42. The zero-order valence-electron chi connectivity index (χ0n) is 49.0. The van der Waals surface area contributed by atoms with E-state index in [9.17, 15) is 4.79 Å². The lowest BCUT2D eigenvalue weighted by atomic mass is 9.78. The Balaban J connectivity index is 0.000000116. The number of rotatable bonds is 32. The van der Waals surface area contributed by atoms with Crippen LogP contribution in [0.1, 0.15) is 103 Å². The molecule has 458 valence electrons. The molecule has 2 aromatic rings. The van der Waals surface area contributed by atoms with Gasteiger partial charge in [-0.25, -0.2) is 0 Å². The summed E-state index contributed by atoms with van der Waals surface area (Å²) in [7, 11) is 0. The van der Waals surface area contributed by atoms with E-state index in [1.165, 1.54) is 36.8 Å². The van der Waals surface area contributed by atoms with Crippen LogP contribution in [0.3, 0.4) is 0 Å². The predicted molar refractivity (Wildman–Crippen MR) is 299 cm³/mol. The molecule has 0 amide bonds. The number of carbonyl (C=O) groups is 1. The van der Waals surface area contributed by atoms with Crippen LogP contribution in [-0.4, -0.2) is 205 Å². The molecule has 0 radical (unpaired) electrons. The van der Waals surface area contributed by atoms with Gasteiger partial charge in [0.05, 0.1) is 136 Å². The number of fused-ring (bicyclic) bond motifs is 2. The number of carbonyl (C=O) groups excluding carboxylic acids is 1. The van der Waals surface area contributed by atoms with Crippen LogP contribution in [0.4, 0.5) is 0 Å². The van der Waals surface area contributed by atoms with E-state index in [1.54, 1.807) is 0 Å². The van der Waals surface area contributed by atoms with Crippen molar-refractivity contribution in [1.29, 1.82) is 0 Å². The van der Waals surface area contributed by atoms with E-state index in [2.05, 4.69) is 45.0 Å². The third kappa shape index (κ3) is 21.1. The highest BCUT2D eigenvalue weighted by atomic mass is 16.6. The summed E-state index contributed by atoms with van der Waals surface area (Å²) in [6, 6.07) is 16.7. The first-order valence-corrected chi connectivity index (χ1v) is 31.2. The van der Waals surface area contributed by atoms with Crippen LogP contribution < -0.4 is 9.47 Å². The van der Waals surface area contributed by atoms with E-state index >= 15 is 0 Å². The van der Waals surface area contributed by atoms with Gasteiger partial charge < -0.3 is 80.5 Å². The fraction of sp³-hybridized carbons (Fsp3) is 0.797. The van der Waals surface area contributed by atoms with Gasteiger partial charge in [-0.15, -0.1) is 0 Å². The zero-order chi connectivity index (χ0) is 56.1. The van der Waals surface area contributed by atoms with Crippen LogP contribution in [0.5, 0.6) is 11.5 Å². The van der Waals surface area contributed by atoms with Gasteiger partial charge in [0.1, 0.15) is 67.4 Å². The predicted octanol–water partition coefficient (Wildman–Crippen LogP) is 7.48. The molecule has 0 aromatic heterocycles. The summed E-state index contributed by atoms with van der Waals surface area (Å²) in [6.45, 7) is 21.7. The highest BCUT2D eigenvalue weighted by Gasteiger charge is 2.47. The third-order valence-corrected chi connectivity index (χ3v) is 17.9. The summed E-state index contributed by atoms with van der Waals surface area (Å²) in [5, 5.41) is 0. The summed E-state index contributed by atoms with van der Waals surface area (Å²) in [6.07, 6.45) is 16.4. The van der Waals surface area contributed by atoms with Crippen molar-refractivity contribution in [1.82, 2.24) is 0 Å². The molecule has 9 aliphatic heterocycles. The van der Waals surface area contributed by atoms with Crippen molar-refractivity contribution in [2.24, 2.45) is 29.1 Å². The van der Waals surface area contributed by atoms with Gasteiger partial charge in [-0.2, -0.15) is 0 Å². The Hall–Kier alpha value is -3.05. The molecular formula is C64H94O18. The van der Waals surface area contributed by atoms with Crippen LogP contribution in [-0.2, 0) is 81.3 Å². The second-order valence-electron chi connectivity index (χ2n) is 25.6. The summed E-state index contributed by atoms with van der Waals surface area (Å²) in [4.78, 5) is 12.0. The van der Waals surface area contributed by atoms with Crippen LogP contribution in [0.15, 0.2) is 48.5 Å². The van der Waals surface area contributed by atoms with Gasteiger partial charge in [-0.3, -0.25) is 4.79 Å². The van der Waals surface area contributed by atoms with Crippen molar-refractivity contribution in [3.8, 4) is 11.5 Å². The van der Waals surface area contributed by atoms with E-state index in [1.807, 2.05) is 24.3 Å². The van der Waals surface area contributed by atoms with Gasteiger partial charge in [-0.05, 0) is 124 Å². The maximum absolute atomic E-state index is 12.0. The molecule has 3 aliphatic carbocycles. The molecule has 9 heterocycles. The largest absolute Gasteiger partial charge is 0.491 e. The average Bonchev–Trinajstić information content (AvgIpc) is 4.41. The van der Waals surface area contributed by atoms with Crippen LogP contribution in [0.25, 0.3) is 0 Å². The fourth-order valence-electron chi connectivity index (χ4n) is 11.2. The first kappa shape index (κ1) is 60.6. The van der Waals surface area contributed by atoms with Crippen LogP contribution >= 0.6 is 0 Å². The normalized spacial score (nSPS) is 34.2. The molecule has 12 fully saturated rings. The molecule has 2 aromatic carbocycles. The Morgan fingerprint density at radius 2 is 0.793 bits per heavy atom. The molecule has 18 nitrogen and oxygen atoms in total. The lowest BCUT2D eigenvalue weighted by Gasteiger charge is -2.32. The van der Waals surface area contributed by atoms with Crippen molar-refractivity contribution >= 4 is 5.97 Å². The standard InChI is InChI=1S/C21H24O4.C15H26O6.C14H20O4.C14H24O4/c1-21(2,15-3-7-17(8-4-15)22-11-19-13-24-19)16-5-9-18(10-6-16)23-12-20-14-25-20;1-2-15(9-16-3-12-6-19-12,10-17-4-13-7-20-13)11-18-5-14-8-21-14;15-14(9-2-4-11-13(6-9)18-11)16-7-8-1-3-10-12(5-8)17-10;1-2-12(6-16-8-14-10-18-14)4-3-11(1)5-15-7-13-9-17-13/h3-10,19-20H,11-14H2,1-2H3;12-14H,2-11H2,1H3;8-13H,1-7H2;11-14H,1-10H2. The summed E-state index contributed by atoms with van der Waals surface area (Å²) < 4.78 is 92.8. The molecule has 12 aliphatic rings. The van der Waals surface area contributed by atoms with Crippen molar-refractivity contribution in [2.45, 2.75) is 164 Å². The Kier molecular flexibility index (Phi) is 21.9. The van der Waals surface area contributed by atoms with Gasteiger partial charge in [0.25, 0.3) is 0 Å². The van der Waals surface area contributed by atoms with Crippen LogP contribution in [0, 0.1) is 29.1 Å². The molecule has 82 heavy (non-hydrogen) atoms. The molecule has 18 heteroatoms. The quantitative estimate of drug-likeness (QED) is 0.0514. The number of epoxide rings is 9. The molecule has 9 saturated heterocycles.